The van der Waals surface area contributed by atoms with Gasteiger partial charge in [-0.1, -0.05) is 0 Å². The number of thiophene rings is 1. The summed E-state index contributed by atoms with van der Waals surface area (Å²) in [4.78, 5) is 15.3. The first kappa shape index (κ1) is 17.9. The van der Waals surface area contributed by atoms with Crippen molar-refractivity contribution in [3.63, 3.8) is 0 Å². The van der Waals surface area contributed by atoms with E-state index in [1.807, 2.05) is 18.4 Å². The third-order valence-electron chi connectivity index (χ3n) is 4.50. The molecule has 1 amide bonds. The fourth-order valence-electron chi connectivity index (χ4n) is 3.03. The number of carbonyl (C=O) groups is 1. The van der Waals surface area contributed by atoms with Crippen molar-refractivity contribution in [2.75, 3.05) is 20.2 Å². The molecule has 0 spiro atoms. The standard InChI is InChI=1S/C18H21NO4S2/c1-13-11-17(24-12-13)18(20)19-9-7-16(8-10-19)25(21,22)15-5-3-14(23-2)4-6-15/h3-6,11-12,16H,7-10H2,1-2H3. The molecule has 7 heteroatoms. The van der Waals surface area contributed by atoms with E-state index in [0.29, 0.717) is 41.5 Å². The maximum atomic E-state index is 12.8. The number of amides is 1. The lowest BCUT2D eigenvalue weighted by Crippen LogP contribution is -2.42. The molecule has 0 bridgehead atoms. The number of rotatable bonds is 4. The van der Waals surface area contributed by atoms with Gasteiger partial charge >= 0.3 is 0 Å². The van der Waals surface area contributed by atoms with Gasteiger partial charge in [-0.05, 0) is 61.0 Å². The van der Waals surface area contributed by atoms with Crippen LogP contribution in [0, 0.1) is 6.92 Å². The van der Waals surface area contributed by atoms with Crippen LogP contribution < -0.4 is 4.74 Å². The fraction of sp³-hybridized carbons (Fsp3) is 0.389. The molecule has 0 N–H and O–H groups in total. The third-order valence-corrected chi connectivity index (χ3v) is 7.81. The Balaban J connectivity index is 1.67. The van der Waals surface area contributed by atoms with Gasteiger partial charge in [-0.3, -0.25) is 4.79 Å². The Bertz CT molecular complexity index is 847. The number of likely N-dealkylation sites (tertiary alicyclic amines) is 1. The lowest BCUT2D eigenvalue weighted by atomic mass is 10.1. The molecule has 1 fully saturated rings. The molecule has 1 aliphatic heterocycles. The van der Waals surface area contributed by atoms with Crippen molar-refractivity contribution in [1.29, 1.82) is 0 Å². The number of aryl methyl sites for hydroxylation is 1. The summed E-state index contributed by atoms with van der Waals surface area (Å²) in [7, 11) is -1.84. The number of hydrogen-bond acceptors (Lipinski definition) is 5. The van der Waals surface area contributed by atoms with E-state index < -0.39 is 15.1 Å². The van der Waals surface area contributed by atoms with Crippen LogP contribution in [0.25, 0.3) is 0 Å². The van der Waals surface area contributed by atoms with Crippen LogP contribution in [0.15, 0.2) is 40.6 Å². The molecule has 2 heterocycles. The Morgan fingerprint density at radius 3 is 2.36 bits per heavy atom. The van der Waals surface area contributed by atoms with E-state index in [2.05, 4.69) is 0 Å². The molecule has 5 nitrogen and oxygen atoms in total. The predicted molar refractivity (Wildman–Crippen MR) is 98.2 cm³/mol. The lowest BCUT2D eigenvalue weighted by molar-refractivity contribution is 0.0730. The molecular weight excluding hydrogens is 358 g/mol. The van der Waals surface area contributed by atoms with Crippen LogP contribution in [0.3, 0.4) is 0 Å². The number of benzene rings is 1. The Labute approximate surface area is 152 Å². The van der Waals surface area contributed by atoms with Crippen molar-refractivity contribution in [3.8, 4) is 5.75 Å². The molecule has 0 saturated carbocycles. The average Bonchev–Trinajstić information content (AvgIpc) is 3.07. The lowest BCUT2D eigenvalue weighted by Gasteiger charge is -2.31. The summed E-state index contributed by atoms with van der Waals surface area (Å²) in [6.45, 7) is 2.90. The molecule has 0 unspecified atom stereocenters. The molecule has 3 rings (SSSR count). The van der Waals surface area contributed by atoms with Gasteiger partial charge in [0, 0.05) is 13.1 Å². The van der Waals surface area contributed by atoms with Gasteiger partial charge in [-0.15, -0.1) is 11.3 Å². The van der Waals surface area contributed by atoms with Gasteiger partial charge in [0.05, 0.1) is 22.1 Å². The molecule has 1 aromatic carbocycles. The normalized spacial score (nSPS) is 16.0. The number of hydrogen-bond donors (Lipinski definition) is 0. The number of sulfone groups is 1. The van der Waals surface area contributed by atoms with Gasteiger partial charge in [0.25, 0.3) is 5.91 Å². The Morgan fingerprint density at radius 2 is 1.84 bits per heavy atom. The molecule has 0 aliphatic carbocycles. The van der Waals surface area contributed by atoms with Crippen molar-refractivity contribution >= 4 is 27.1 Å². The fourth-order valence-corrected chi connectivity index (χ4v) is 5.62. The van der Waals surface area contributed by atoms with Crippen LogP contribution in [0.1, 0.15) is 28.1 Å². The molecule has 1 saturated heterocycles. The maximum Gasteiger partial charge on any atom is 0.263 e. The molecule has 2 aromatic rings. The molecule has 134 valence electrons. The van der Waals surface area contributed by atoms with Gasteiger partial charge in [0.2, 0.25) is 0 Å². The first-order chi connectivity index (χ1) is 11.9. The van der Waals surface area contributed by atoms with Gasteiger partial charge in [0.15, 0.2) is 9.84 Å². The van der Waals surface area contributed by atoms with Gasteiger partial charge in [-0.25, -0.2) is 8.42 Å². The van der Waals surface area contributed by atoms with E-state index in [-0.39, 0.29) is 5.91 Å². The summed E-state index contributed by atoms with van der Waals surface area (Å²) in [5, 5.41) is 1.50. The monoisotopic (exact) mass is 379 g/mol. The van der Waals surface area contributed by atoms with Crippen LogP contribution in [0.5, 0.6) is 5.75 Å². The smallest absolute Gasteiger partial charge is 0.263 e. The van der Waals surface area contributed by atoms with Crippen molar-refractivity contribution < 1.29 is 17.9 Å². The highest BCUT2D eigenvalue weighted by Crippen LogP contribution is 2.27. The van der Waals surface area contributed by atoms with Gasteiger partial charge in [-0.2, -0.15) is 0 Å². The van der Waals surface area contributed by atoms with Crippen molar-refractivity contribution in [3.05, 3.63) is 46.2 Å². The summed E-state index contributed by atoms with van der Waals surface area (Å²) in [5.74, 6) is 0.629. The van der Waals surface area contributed by atoms with Crippen LogP contribution in [-0.2, 0) is 9.84 Å². The third kappa shape index (κ3) is 3.72. The molecule has 0 radical (unpaired) electrons. The molecule has 0 atom stereocenters. The van der Waals surface area contributed by atoms with Crippen molar-refractivity contribution in [2.45, 2.75) is 29.9 Å². The minimum absolute atomic E-state index is 0.00149. The van der Waals surface area contributed by atoms with Crippen molar-refractivity contribution in [1.82, 2.24) is 4.90 Å². The summed E-state index contributed by atoms with van der Waals surface area (Å²) in [6, 6.07) is 8.36. The topological polar surface area (TPSA) is 63.7 Å². The SMILES string of the molecule is COc1ccc(S(=O)(=O)C2CCN(C(=O)c3cc(C)cs3)CC2)cc1. The Hall–Kier alpha value is -1.86. The minimum Gasteiger partial charge on any atom is -0.497 e. The van der Waals surface area contributed by atoms with E-state index in [0.717, 1.165) is 5.56 Å². The van der Waals surface area contributed by atoms with E-state index in [1.165, 1.54) is 11.3 Å². The zero-order valence-electron chi connectivity index (χ0n) is 14.3. The van der Waals surface area contributed by atoms with Crippen LogP contribution >= 0.6 is 11.3 Å². The summed E-state index contributed by atoms with van der Waals surface area (Å²) >= 11 is 1.44. The molecule has 25 heavy (non-hydrogen) atoms. The molecule has 1 aromatic heterocycles. The van der Waals surface area contributed by atoms with Gasteiger partial charge < -0.3 is 9.64 Å². The molecule has 1 aliphatic rings. The predicted octanol–water partition coefficient (Wildman–Crippen LogP) is 3.14. The average molecular weight is 380 g/mol. The second-order valence-electron chi connectivity index (χ2n) is 6.20. The van der Waals surface area contributed by atoms with Crippen LogP contribution in [0.2, 0.25) is 0 Å². The first-order valence-electron chi connectivity index (χ1n) is 8.14. The minimum atomic E-state index is -3.39. The second kappa shape index (κ2) is 7.17. The Morgan fingerprint density at radius 1 is 1.20 bits per heavy atom. The summed E-state index contributed by atoms with van der Waals surface area (Å²) < 4.78 is 30.7. The second-order valence-corrected chi connectivity index (χ2v) is 9.34. The van der Waals surface area contributed by atoms with Crippen molar-refractivity contribution in [2.24, 2.45) is 0 Å². The van der Waals surface area contributed by atoms with E-state index in [4.69, 9.17) is 4.74 Å². The highest BCUT2D eigenvalue weighted by molar-refractivity contribution is 7.92. The number of nitrogens with zero attached hydrogens (tertiary/aromatic N) is 1. The number of piperidine rings is 1. The quantitative estimate of drug-likeness (QED) is 0.819. The van der Waals surface area contributed by atoms with E-state index in [1.54, 1.807) is 36.3 Å². The first-order valence-corrected chi connectivity index (χ1v) is 10.6. The Kier molecular flexibility index (Phi) is 5.15. The summed E-state index contributed by atoms with van der Waals surface area (Å²) in [5.41, 5.74) is 1.07. The number of carbonyl (C=O) groups excluding carboxylic acids is 1. The zero-order chi connectivity index (χ0) is 18.0. The summed E-state index contributed by atoms with van der Waals surface area (Å²) in [6.07, 6.45) is 0.926. The van der Waals surface area contributed by atoms with E-state index in [9.17, 15) is 13.2 Å². The largest absolute Gasteiger partial charge is 0.497 e. The highest BCUT2D eigenvalue weighted by atomic mass is 32.2. The van der Waals surface area contributed by atoms with Crippen LogP contribution in [0.4, 0.5) is 0 Å². The number of methoxy groups -OCH3 is 1. The molecular formula is C18H21NO4S2. The van der Waals surface area contributed by atoms with Crippen LogP contribution in [-0.4, -0.2) is 44.7 Å². The highest BCUT2D eigenvalue weighted by Gasteiger charge is 2.33. The zero-order valence-corrected chi connectivity index (χ0v) is 15.9. The number of ether oxygens (including phenoxy) is 1. The maximum absolute atomic E-state index is 12.8. The van der Waals surface area contributed by atoms with Gasteiger partial charge in [0.1, 0.15) is 5.75 Å². The van der Waals surface area contributed by atoms with E-state index >= 15 is 0 Å².